The number of nitrogens with one attached hydrogen (secondary N) is 1. The monoisotopic (exact) mass is 461 g/mol. The lowest BCUT2D eigenvalue weighted by atomic mass is 10.0. The van der Waals surface area contributed by atoms with Crippen LogP contribution in [0.2, 0.25) is 0 Å². The normalized spacial score (nSPS) is 16.6. The number of aromatic nitrogens is 2. The highest BCUT2D eigenvalue weighted by Gasteiger charge is 2.27. The lowest BCUT2D eigenvalue weighted by Crippen LogP contribution is -2.46. The first kappa shape index (κ1) is 23.7. The van der Waals surface area contributed by atoms with E-state index in [4.69, 9.17) is 9.47 Å². The van der Waals surface area contributed by atoms with E-state index >= 15 is 0 Å². The van der Waals surface area contributed by atoms with Gasteiger partial charge in [0.1, 0.15) is 6.04 Å². The molecule has 0 radical (unpaired) electrons. The highest BCUT2D eigenvalue weighted by atomic mass is 16.7. The Labute approximate surface area is 200 Å². The number of aryl methyl sites for hydroxylation is 1. The predicted molar refractivity (Wildman–Crippen MR) is 129 cm³/mol. The first-order valence-corrected chi connectivity index (χ1v) is 11.9. The summed E-state index contributed by atoms with van der Waals surface area (Å²) in [4.78, 5) is 29.9. The van der Waals surface area contributed by atoms with Crippen LogP contribution in [-0.4, -0.2) is 40.4 Å². The molecule has 1 aliphatic rings. The number of benzene rings is 2. The second kappa shape index (κ2) is 11.6. The van der Waals surface area contributed by atoms with Gasteiger partial charge in [0.15, 0.2) is 0 Å². The van der Waals surface area contributed by atoms with E-state index in [2.05, 4.69) is 41.5 Å². The molecule has 2 heterocycles. The van der Waals surface area contributed by atoms with Gasteiger partial charge < -0.3 is 19.4 Å². The zero-order valence-corrected chi connectivity index (χ0v) is 19.5. The minimum absolute atomic E-state index is 0.222. The summed E-state index contributed by atoms with van der Waals surface area (Å²) < 4.78 is 12.8. The third-order valence-electron chi connectivity index (χ3n) is 5.90. The van der Waals surface area contributed by atoms with E-state index in [1.165, 1.54) is 5.56 Å². The Kier molecular flexibility index (Phi) is 8.09. The van der Waals surface area contributed by atoms with Gasteiger partial charge in [-0.2, -0.15) is 0 Å². The van der Waals surface area contributed by atoms with E-state index in [1.54, 1.807) is 35.4 Å². The molecule has 0 spiro atoms. The Morgan fingerprint density at radius 2 is 1.85 bits per heavy atom. The van der Waals surface area contributed by atoms with Gasteiger partial charge in [0.2, 0.25) is 6.29 Å². The number of ether oxygens (including phenoxy) is 2. The van der Waals surface area contributed by atoms with E-state index < -0.39 is 18.3 Å². The molecular weight excluding hydrogens is 430 g/mol. The average molecular weight is 462 g/mol. The molecule has 1 aliphatic heterocycles. The fraction of sp³-hybridized carbons (Fsp3) is 0.370. The van der Waals surface area contributed by atoms with Crippen molar-refractivity contribution < 1.29 is 19.1 Å². The van der Waals surface area contributed by atoms with Crippen LogP contribution in [0.5, 0.6) is 0 Å². The summed E-state index contributed by atoms with van der Waals surface area (Å²) in [6.07, 6.45) is 9.16. The molecule has 34 heavy (non-hydrogen) atoms. The fourth-order valence-corrected chi connectivity index (χ4v) is 4.01. The molecule has 1 fully saturated rings. The first-order valence-electron chi connectivity index (χ1n) is 11.9. The summed E-state index contributed by atoms with van der Waals surface area (Å²) in [6.45, 7) is 2.96. The molecule has 2 atom stereocenters. The topological polar surface area (TPSA) is 82.5 Å². The summed E-state index contributed by atoms with van der Waals surface area (Å²) in [5, 5.41) is 2.82. The van der Waals surface area contributed by atoms with Crippen LogP contribution in [0.15, 0.2) is 67.3 Å². The van der Waals surface area contributed by atoms with Crippen molar-refractivity contribution in [2.45, 2.75) is 57.9 Å². The van der Waals surface area contributed by atoms with Crippen LogP contribution in [0, 0.1) is 0 Å². The molecule has 0 saturated carbocycles. The Hall–Kier alpha value is -3.45. The number of nitrogens with zero attached hydrogens (tertiary/aromatic N) is 2. The number of rotatable bonds is 9. The zero-order valence-electron chi connectivity index (χ0n) is 19.5. The zero-order chi connectivity index (χ0) is 23.8. The molecule has 1 unspecified atom stereocenters. The minimum atomic E-state index is -0.863. The van der Waals surface area contributed by atoms with E-state index in [0.29, 0.717) is 18.6 Å². The molecule has 1 aromatic heterocycles. The summed E-state index contributed by atoms with van der Waals surface area (Å²) in [6, 6.07) is 15.0. The van der Waals surface area contributed by atoms with Gasteiger partial charge in [-0.3, -0.25) is 4.79 Å². The average Bonchev–Trinajstić information content (AvgIpc) is 3.38. The molecular formula is C27H31N3O4. The Balaban J connectivity index is 1.43. The lowest BCUT2D eigenvalue weighted by molar-refractivity contribution is -0.189. The van der Waals surface area contributed by atoms with E-state index in [0.717, 1.165) is 36.8 Å². The van der Waals surface area contributed by atoms with Gasteiger partial charge >= 0.3 is 5.97 Å². The van der Waals surface area contributed by atoms with Crippen LogP contribution < -0.4 is 5.32 Å². The molecule has 7 heteroatoms. The van der Waals surface area contributed by atoms with Gasteiger partial charge in [-0.1, -0.05) is 49.7 Å². The molecule has 2 aromatic carbocycles. The highest BCUT2D eigenvalue weighted by molar-refractivity contribution is 5.97. The summed E-state index contributed by atoms with van der Waals surface area (Å²) in [7, 11) is 0. The van der Waals surface area contributed by atoms with Crippen molar-refractivity contribution in [3.63, 3.8) is 0 Å². The standard InChI is InChI=1S/C27H31N3O4/c1-2-5-20-7-9-21(10-8-20)22-11-13-23(14-12-22)26(31)29-24(18-30-16-15-28-19-30)27(32)34-25-6-3-4-17-33-25/h7-16,19,24-25H,2-6,17-18H2,1H3,(H,29,31)/t24?,25-/m0/s1. The highest BCUT2D eigenvalue weighted by Crippen LogP contribution is 2.21. The van der Waals surface area contributed by atoms with Crippen molar-refractivity contribution in [1.29, 1.82) is 0 Å². The summed E-state index contributed by atoms with van der Waals surface area (Å²) >= 11 is 0. The van der Waals surface area contributed by atoms with Crippen molar-refractivity contribution in [3.8, 4) is 11.1 Å². The molecule has 7 nitrogen and oxygen atoms in total. The summed E-state index contributed by atoms with van der Waals surface area (Å²) in [5.41, 5.74) is 3.92. The fourth-order valence-electron chi connectivity index (χ4n) is 4.01. The lowest BCUT2D eigenvalue weighted by Gasteiger charge is -2.25. The van der Waals surface area contributed by atoms with E-state index in [1.807, 2.05) is 12.1 Å². The molecule has 1 saturated heterocycles. The van der Waals surface area contributed by atoms with E-state index in [9.17, 15) is 9.59 Å². The smallest absolute Gasteiger partial charge is 0.332 e. The first-order chi connectivity index (χ1) is 16.6. The van der Waals surface area contributed by atoms with E-state index in [-0.39, 0.29) is 12.5 Å². The van der Waals surface area contributed by atoms with Gasteiger partial charge in [0.25, 0.3) is 5.91 Å². The van der Waals surface area contributed by atoms with Gasteiger partial charge in [-0.05, 0) is 48.1 Å². The largest absolute Gasteiger partial charge is 0.434 e. The van der Waals surface area contributed by atoms with Crippen molar-refractivity contribution in [2.75, 3.05) is 6.61 Å². The van der Waals surface area contributed by atoms with Crippen LogP contribution in [-0.2, 0) is 27.2 Å². The second-order valence-electron chi connectivity index (χ2n) is 8.54. The van der Waals surface area contributed by atoms with Crippen molar-refractivity contribution in [3.05, 3.63) is 78.4 Å². The maximum absolute atomic E-state index is 13.0. The maximum Gasteiger partial charge on any atom is 0.332 e. The van der Waals surface area contributed by atoms with Crippen LogP contribution >= 0.6 is 0 Å². The number of hydrogen-bond donors (Lipinski definition) is 1. The van der Waals surface area contributed by atoms with Crippen molar-refractivity contribution in [2.24, 2.45) is 0 Å². The number of carbonyl (C=O) groups excluding carboxylic acids is 2. The van der Waals surface area contributed by atoms with Gasteiger partial charge in [-0.25, -0.2) is 9.78 Å². The Morgan fingerprint density at radius 3 is 2.47 bits per heavy atom. The molecule has 4 rings (SSSR count). The van der Waals surface area contributed by atoms with Crippen LogP contribution in [0.1, 0.15) is 48.5 Å². The maximum atomic E-state index is 13.0. The predicted octanol–water partition coefficient (Wildman–Crippen LogP) is 4.37. The molecule has 0 aliphatic carbocycles. The number of amides is 1. The number of esters is 1. The minimum Gasteiger partial charge on any atom is -0.434 e. The summed E-state index contributed by atoms with van der Waals surface area (Å²) in [5.74, 6) is -0.853. The number of carbonyl (C=O) groups is 2. The second-order valence-corrected chi connectivity index (χ2v) is 8.54. The molecule has 0 bridgehead atoms. The van der Waals surface area contributed by atoms with Crippen LogP contribution in [0.3, 0.4) is 0 Å². The number of hydrogen-bond acceptors (Lipinski definition) is 5. The van der Waals surface area contributed by atoms with Crippen LogP contribution in [0.25, 0.3) is 11.1 Å². The molecule has 3 aromatic rings. The molecule has 178 valence electrons. The van der Waals surface area contributed by atoms with Crippen LogP contribution in [0.4, 0.5) is 0 Å². The van der Waals surface area contributed by atoms with Gasteiger partial charge in [0.05, 0.1) is 19.5 Å². The molecule has 1 amide bonds. The van der Waals surface area contributed by atoms with Crippen molar-refractivity contribution in [1.82, 2.24) is 14.9 Å². The number of imidazole rings is 1. The van der Waals surface area contributed by atoms with Gasteiger partial charge in [0, 0.05) is 24.4 Å². The third-order valence-corrected chi connectivity index (χ3v) is 5.90. The van der Waals surface area contributed by atoms with Crippen molar-refractivity contribution >= 4 is 11.9 Å². The van der Waals surface area contributed by atoms with Gasteiger partial charge in [-0.15, -0.1) is 0 Å². The Morgan fingerprint density at radius 1 is 1.12 bits per heavy atom. The SMILES string of the molecule is CCCc1ccc(-c2ccc(C(=O)NC(Cn3ccnc3)C(=O)O[C@H]3CCCCO3)cc2)cc1. The Bertz CT molecular complexity index is 1060. The third kappa shape index (κ3) is 6.32. The molecule has 1 N–H and O–H groups in total. The quantitative estimate of drug-likeness (QED) is 0.479.